The highest BCUT2D eigenvalue weighted by Gasteiger charge is 2.39. The monoisotopic (exact) mass is 325 g/mol. The van der Waals surface area contributed by atoms with Crippen LogP contribution >= 0.6 is 0 Å². The molecular weight excluding hydrogens is 310 g/mol. The van der Waals surface area contributed by atoms with E-state index in [0.717, 1.165) is 23.3 Å². The number of hydrogen-bond acceptors (Lipinski definition) is 5. The van der Waals surface area contributed by atoms with Gasteiger partial charge in [0.25, 0.3) is 5.91 Å². The lowest BCUT2D eigenvalue weighted by Gasteiger charge is -2.41. The van der Waals surface area contributed by atoms with Gasteiger partial charge in [-0.05, 0) is 47.7 Å². The van der Waals surface area contributed by atoms with E-state index in [-0.39, 0.29) is 35.8 Å². The van der Waals surface area contributed by atoms with E-state index < -0.39 is 0 Å². The highest BCUT2D eigenvalue weighted by Crippen LogP contribution is 2.46. The summed E-state index contributed by atoms with van der Waals surface area (Å²) in [5.41, 5.74) is 3.20. The van der Waals surface area contributed by atoms with Gasteiger partial charge in [-0.2, -0.15) is 0 Å². The molecule has 3 heterocycles. The van der Waals surface area contributed by atoms with Crippen LogP contribution in [0.4, 0.5) is 0 Å². The van der Waals surface area contributed by atoms with Crippen LogP contribution in [-0.4, -0.2) is 34.4 Å². The lowest BCUT2D eigenvalue weighted by atomic mass is 9.83. The number of fused-ring (bicyclic) bond motifs is 5. The second kappa shape index (κ2) is 4.56. The Morgan fingerprint density at radius 2 is 1.88 bits per heavy atom. The Kier molecular flexibility index (Phi) is 2.58. The number of ether oxygens (including phenoxy) is 2. The average molecular weight is 325 g/mol. The van der Waals surface area contributed by atoms with E-state index in [0.29, 0.717) is 18.7 Å². The largest absolute Gasteiger partial charge is 0.504 e. The van der Waals surface area contributed by atoms with Crippen LogP contribution in [-0.2, 0) is 12.8 Å². The van der Waals surface area contributed by atoms with Crippen LogP contribution in [0.5, 0.6) is 23.0 Å². The van der Waals surface area contributed by atoms with Gasteiger partial charge >= 0.3 is 0 Å². The normalized spacial score (nSPS) is 20.4. The van der Waals surface area contributed by atoms with E-state index in [1.54, 1.807) is 11.0 Å². The number of benzene rings is 2. The fourth-order valence-electron chi connectivity index (χ4n) is 3.94. The van der Waals surface area contributed by atoms with Gasteiger partial charge in [0.2, 0.25) is 6.79 Å². The summed E-state index contributed by atoms with van der Waals surface area (Å²) in [5, 5.41) is 19.8. The summed E-state index contributed by atoms with van der Waals surface area (Å²) in [7, 11) is 0. The van der Waals surface area contributed by atoms with Gasteiger partial charge in [-0.3, -0.25) is 4.79 Å². The first kappa shape index (κ1) is 13.5. The van der Waals surface area contributed by atoms with Crippen molar-refractivity contribution < 1.29 is 24.5 Å². The van der Waals surface area contributed by atoms with E-state index in [2.05, 4.69) is 0 Å². The minimum atomic E-state index is -0.326. The summed E-state index contributed by atoms with van der Waals surface area (Å²) in [6, 6.07) is 7.02. The predicted octanol–water partition coefficient (Wildman–Crippen LogP) is 2.12. The molecule has 1 atom stereocenters. The fraction of sp³-hybridized carbons (Fsp3) is 0.278. The molecule has 24 heavy (non-hydrogen) atoms. The van der Waals surface area contributed by atoms with E-state index >= 15 is 0 Å². The highest BCUT2D eigenvalue weighted by molar-refractivity contribution is 6.00. The molecule has 2 N–H and O–H groups in total. The molecular formula is C18H15NO5. The molecule has 0 spiro atoms. The molecule has 1 unspecified atom stereocenters. The zero-order valence-corrected chi connectivity index (χ0v) is 12.8. The summed E-state index contributed by atoms with van der Waals surface area (Å²) in [4.78, 5) is 14.6. The zero-order chi connectivity index (χ0) is 16.4. The van der Waals surface area contributed by atoms with Crippen molar-refractivity contribution in [3.63, 3.8) is 0 Å². The number of rotatable bonds is 0. The number of carbonyl (C=O) groups excluding carboxylic acids is 1. The lowest BCUT2D eigenvalue weighted by molar-refractivity contribution is 0.0626. The molecule has 0 aromatic heterocycles. The minimum absolute atomic E-state index is 0.0906. The summed E-state index contributed by atoms with van der Waals surface area (Å²) in [5.74, 6) is 0.640. The fourth-order valence-corrected chi connectivity index (χ4v) is 3.94. The maximum absolute atomic E-state index is 12.9. The molecule has 122 valence electrons. The molecule has 0 saturated heterocycles. The Morgan fingerprint density at radius 1 is 1.08 bits per heavy atom. The first-order valence-electron chi connectivity index (χ1n) is 7.90. The van der Waals surface area contributed by atoms with Crippen molar-refractivity contribution in [2.75, 3.05) is 13.3 Å². The first-order valence-corrected chi connectivity index (χ1v) is 7.90. The molecule has 0 bridgehead atoms. The van der Waals surface area contributed by atoms with Gasteiger partial charge in [-0.1, -0.05) is 6.07 Å². The molecule has 0 radical (unpaired) electrons. The number of phenolic OH excluding ortho intramolecular Hbond substituents is 2. The maximum Gasteiger partial charge on any atom is 0.258 e. The Bertz CT molecular complexity index is 891. The molecule has 6 heteroatoms. The Balaban J connectivity index is 1.65. The Hall–Kier alpha value is -2.89. The van der Waals surface area contributed by atoms with Crippen molar-refractivity contribution in [1.82, 2.24) is 4.90 Å². The molecule has 5 rings (SSSR count). The van der Waals surface area contributed by atoms with Crippen LogP contribution in [0.15, 0.2) is 24.3 Å². The number of nitrogens with zero attached hydrogens (tertiary/aromatic N) is 1. The molecule has 2 aromatic carbocycles. The van der Waals surface area contributed by atoms with Crippen LogP contribution in [0, 0.1) is 0 Å². The molecule has 3 aliphatic heterocycles. The van der Waals surface area contributed by atoms with Gasteiger partial charge in [0.05, 0.1) is 11.6 Å². The number of phenols is 2. The SMILES string of the molecule is O=C1c2c(ccc(O)c2O)CC2c3cc4c(cc3CCN12)OCO4. The second-order valence-corrected chi connectivity index (χ2v) is 6.34. The van der Waals surface area contributed by atoms with Crippen LogP contribution in [0.25, 0.3) is 0 Å². The number of aromatic hydroxyl groups is 2. The van der Waals surface area contributed by atoms with E-state index in [1.807, 2.05) is 12.1 Å². The van der Waals surface area contributed by atoms with Gasteiger partial charge < -0.3 is 24.6 Å². The first-order chi connectivity index (χ1) is 11.6. The predicted molar refractivity (Wildman–Crippen MR) is 83.5 cm³/mol. The third-order valence-electron chi connectivity index (χ3n) is 5.12. The summed E-state index contributed by atoms with van der Waals surface area (Å²) in [6.45, 7) is 0.798. The quantitative estimate of drug-likeness (QED) is 0.725. The topological polar surface area (TPSA) is 79.2 Å². The smallest absolute Gasteiger partial charge is 0.258 e. The summed E-state index contributed by atoms with van der Waals surface area (Å²) >= 11 is 0. The Labute approximate surface area is 137 Å². The van der Waals surface area contributed by atoms with Crippen molar-refractivity contribution >= 4 is 5.91 Å². The van der Waals surface area contributed by atoms with Crippen molar-refractivity contribution in [3.8, 4) is 23.0 Å². The minimum Gasteiger partial charge on any atom is -0.504 e. The highest BCUT2D eigenvalue weighted by atomic mass is 16.7. The standard InChI is InChI=1S/C18H15NO5/c20-13-2-1-10-5-12-11-7-15-14(23-8-24-15)6-9(11)3-4-19(12)18(22)16(10)17(13)21/h1-2,6-7,12,20-21H,3-5,8H2. The lowest BCUT2D eigenvalue weighted by Crippen LogP contribution is -2.44. The average Bonchev–Trinajstić information content (AvgIpc) is 3.03. The maximum atomic E-state index is 12.9. The van der Waals surface area contributed by atoms with Crippen molar-refractivity contribution in [1.29, 1.82) is 0 Å². The second-order valence-electron chi connectivity index (χ2n) is 6.34. The summed E-state index contributed by atoms with van der Waals surface area (Å²) < 4.78 is 10.9. The summed E-state index contributed by atoms with van der Waals surface area (Å²) in [6.07, 6.45) is 1.32. The molecule has 1 amide bonds. The van der Waals surface area contributed by atoms with Crippen LogP contribution in [0.1, 0.15) is 33.1 Å². The zero-order valence-electron chi connectivity index (χ0n) is 12.8. The van der Waals surface area contributed by atoms with E-state index in [9.17, 15) is 15.0 Å². The van der Waals surface area contributed by atoms with Crippen LogP contribution in [0.3, 0.4) is 0 Å². The molecule has 0 fully saturated rings. The van der Waals surface area contributed by atoms with Gasteiger partial charge in [0, 0.05) is 6.54 Å². The third kappa shape index (κ3) is 1.68. The van der Waals surface area contributed by atoms with Crippen LogP contribution < -0.4 is 9.47 Å². The number of amides is 1. The third-order valence-corrected chi connectivity index (χ3v) is 5.12. The molecule has 0 saturated carbocycles. The van der Waals surface area contributed by atoms with Gasteiger partial charge in [-0.15, -0.1) is 0 Å². The molecule has 2 aromatic rings. The van der Waals surface area contributed by atoms with E-state index in [1.165, 1.54) is 11.6 Å². The van der Waals surface area contributed by atoms with Gasteiger partial charge in [-0.25, -0.2) is 0 Å². The molecule has 0 aliphatic carbocycles. The Morgan fingerprint density at radius 3 is 2.71 bits per heavy atom. The molecule has 3 aliphatic rings. The number of carbonyl (C=O) groups is 1. The van der Waals surface area contributed by atoms with Gasteiger partial charge in [0.1, 0.15) is 0 Å². The van der Waals surface area contributed by atoms with Crippen molar-refractivity contribution in [2.45, 2.75) is 18.9 Å². The van der Waals surface area contributed by atoms with Crippen LogP contribution in [0.2, 0.25) is 0 Å². The van der Waals surface area contributed by atoms with Crippen molar-refractivity contribution in [2.24, 2.45) is 0 Å². The van der Waals surface area contributed by atoms with Crippen molar-refractivity contribution in [3.05, 3.63) is 46.5 Å². The van der Waals surface area contributed by atoms with Gasteiger partial charge in [0.15, 0.2) is 23.0 Å². The number of hydrogen-bond donors (Lipinski definition) is 2. The van der Waals surface area contributed by atoms with E-state index in [4.69, 9.17) is 9.47 Å². The molecule has 6 nitrogen and oxygen atoms in total.